The topological polar surface area (TPSA) is 90.6 Å². The van der Waals surface area contributed by atoms with Gasteiger partial charge in [-0.15, -0.1) is 0 Å². The van der Waals surface area contributed by atoms with E-state index in [9.17, 15) is 9.18 Å². The van der Waals surface area contributed by atoms with Crippen LogP contribution < -0.4 is 10.5 Å². The van der Waals surface area contributed by atoms with Crippen molar-refractivity contribution in [3.05, 3.63) is 47.8 Å². The number of hydrogen-bond acceptors (Lipinski definition) is 6. The van der Waals surface area contributed by atoms with E-state index in [1.807, 2.05) is 20.8 Å². The fourth-order valence-electron chi connectivity index (χ4n) is 3.15. The van der Waals surface area contributed by atoms with E-state index in [4.69, 9.17) is 15.2 Å². The fourth-order valence-corrected chi connectivity index (χ4v) is 3.15. The van der Waals surface area contributed by atoms with Gasteiger partial charge in [-0.2, -0.15) is 0 Å². The highest BCUT2D eigenvalue weighted by Gasteiger charge is 2.27. The number of piperidine rings is 1. The number of halogens is 1. The Hall–Kier alpha value is -2.90. The highest BCUT2D eigenvalue weighted by molar-refractivity contribution is 5.68. The van der Waals surface area contributed by atoms with E-state index in [2.05, 4.69) is 9.97 Å². The molecule has 2 heterocycles. The van der Waals surface area contributed by atoms with Crippen molar-refractivity contribution in [1.29, 1.82) is 0 Å². The van der Waals surface area contributed by atoms with Gasteiger partial charge in [0.2, 0.25) is 0 Å². The number of amides is 1. The molecule has 29 heavy (non-hydrogen) atoms. The highest BCUT2D eigenvalue weighted by Crippen LogP contribution is 2.28. The highest BCUT2D eigenvalue weighted by atomic mass is 19.1. The standard InChI is InChI=1S/C21H27FN4O3/c1-21(2,3)29-20(27)26-8-6-14(7-9-26)15-11-24-19(25-12-15)13-28-18-5-4-16(23)10-17(18)22/h4-5,10-12,14H,6-9,13,23H2,1-3H3. The lowest BCUT2D eigenvalue weighted by Gasteiger charge is -2.33. The summed E-state index contributed by atoms with van der Waals surface area (Å²) in [6.45, 7) is 6.94. The summed E-state index contributed by atoms with van der Waals surface area (Å²) < 4.78 is 24.6. The minimum Gasteiger partial charge on any atom is -0.483 e. The van der Waals surface area contributed by atoms with Gasteiger partial charge in [-0.3, -0.25) is 0 Å². The smallest absolute Gasteiger partial charge is 0.410 e. The van der Waals surface area contributed by atoms with E-state index in [0.717, 1.165) is 18.4 Å². The van der Waals surface area contributed by atoms with Gasteiger partial charge in [0.25, 0.3) is 0 Å². The molecule has 1 fully saturated rings. The first-order valence-corrected chi connectivity index (χ1v) is 9.68. The van der Waals surface area contributed by atoms with E-state index in [0.29, 0.717) is 24.6 Å². The van der Waals surface area contributed by atoms with Crippen LogP contribution in [-0.4, -0.2) is 39.7 Å². The molecule has 0 unspecified atom stereocenters. The molecular weight excluding hydrogens is 375 g/mol. The summed E-state index contributed by atoms with van der Waals surface area (Å²) in [7, 11) is 0. The first-order valence-electron chi connectivity index (χ1n) is 9.68. The van der Waals surface area contributed by atoms with Gasteiger partial charge in [0, 0.05) is 37.2 Å². The summed E-state index contributed by atoms with van der Waals surface area (Å²) in [5.41, 5.74) is 6.40. The van der Waals surface area contributed by atoms with E-state index in [-0.39, 0.29) is 24.4 Å². The number of hydrogen-bond donors (Lipinski definition) is 1. The van der Waals surface area contributed by atoms with Crippen LogP contribution in [0.3, 0.4) is 0 Å². The number of benzene rings is 1. The number of carbonyl (C=O) groups is 1. The van der Waals surface area contributed by atoms with Crippen LogP contribution in [0.15, 0.2) is 30.6 Å². The average Bonchev–Trinajstić information content (AvgIpc) is 2.66. The zero-order chi connectivity index (χ0) is 21.0. The summed E-state index contributed by atoms with van der Waals surface area (Å²) in [6.07, 6.45) is 4.94. The predicted octanol–water partition coefficient (Wildman–Crippen LogP) is 3.89. The second kappa shape index (κ2) is 8.63. The second-order valence-electron chi connectivity index (χ2n) is 8.15. The Labute approximate surface area is 170 Å². The molecule has 0 bridgehead atoms. The molecule has 0 saturated carbocycles. The van der Waals surface area contributed by atoms with Crippen molar-refractivity contribution in [2.45, 2.75) is 51.7 Å². The zero-order valence-corrected chi connectivity index (χ0v) is 17.0. The van der Waals surface area contributed by atoms with Crippen LogP contribution >= 0.6 is 0 Å². The largest absolute Gasteiger partial charge is 0.483 e. The fraction of sp³-hybridized carbons (Fsp3) is 0.476. The molecule has 1 aliphatic rings. The van der Waals surface area contributed by atoms with Crippen molar-refractivity contribution < 1.29 is 18.7 Å². The molecule has 8 heteroatoms. The predicted molar refractivity (Wildman–Crippen MR) is 107 cm³/mol. The van der Waals surface area contributed by atoms with Gasteiger partial charge < -0.3 is 20.1 Å². The molecule has 2 aromatic rings. The summed E-state index contributed by atoms with van der Waals surface area (Å²) in [5, 5.41) is 0. The van der Waals surface area contributed by atoms with Crippen molar-refractivity contribution in [2.75, 3.05) is 18.8 Å². The summed E-state index contributed by atoms with van der Waals surface area (Å²) in [5.74, 6) is 0.356. The van der Waals surface area contributed by atoms with E-state index in [1.54, 1.807) is 23.4 Å². The monoisotopic (exact) mass is 402 g/mol. The second-order valence-corrected chi connectivity index (χ2v) is 8.15. The normalized spacial score (nSPS) is 15.2. The Morgan fingerprint density at radius 1 is 1.24 bits per heavy atom. The number of nitrogen functional groups attached to an aromatic ring is 1. The van der Waals surface area contributed by atoms with Crippen LogP contribution in [0.4, 0.5) is 14.9 Å². The SMILES string of the molecule is CC(C)(C)OC(=O)N1CCC(c2cnc(COc3ccc(N)cc3F)nc2)CC1. The summed E-state index contributed by atoms with van der Waals surface area (Å²) in [4.78, 5) is 22.6. The van der Waals surface area contributed by atoms with Gasteiger partial charge in [-0.25, -0.2) is 19.2 Å². The van der Waals surface area contributed by atoms with E-state index in [1.165, 1.54) is 12.1 Å². The molecule has 1 aromatic heterocycles. The minimum atomic E-state index is -0.515. The van der Waals surface area contributed by atoms with Crippen molar-refractivity contribution in [3.8, 4) is 5.75 Å². The Balaban J connectivity index is 1.51. The Kier molecular flexibility index (Phi) is 6.20. The quantitative estimate of drug-likeness (QED) is 0.780. The lowest BCUT2D eigenvalue weighted by Crippen LogP contribution is -2.41. The number of aromatic nitrogens is 2. The third kappa shape index (κ3) is 5.79. The maximum absolute atomic E-state index is 13.8. The molecular formula is C21H27FN4O3. The molecule has 1 aromatic carbocycles. The summed E-state index contributed by atoms with van der Waals surface area (Å²) >= 11 is 0. The van der Waals surface area contributed by atoms with Gasteiger partial charge in [-0.1, -0.05) is 0 Å². The van der Waals surface area contributed by atoms with Crippen molar-refractivity contribution >= 4 is 11.8 Å². The number of carbonyl (C=O) groups excluding carboxylic acids is 1. The first kappa shape index (κ1) is 20.8. The van der Waals surface area contributed by atoms with Gasteiger partial charge in [0.1, 0.15) is 12.2 Å². The van der Waals surface area contributed by atoms with Crippen LogP contribution in [0.25, 0.3) is 0 Å². The molecule has 0 spiro atoms. The van der Waals surface area contributed by atoms with Gasteiger partial charge in [0.05, 0.1) is 0 Å². The molecule has 3 rings (SSSR count). The Morgan fingerprint density at radius 3 is 2.48 bits per heavy atom. The van der Waals surface area contributed by atoms with Gasteiger partial charge in [-0.05, 0) is 57.2 Å². The maximum Gasteiger partial charge on any atom is 0.410 e. The molecule has 0 radical (unpaired) electrons. The molecule has 1 amide bonds. The zero-order valence-electron chi connectivity index (χ0n) is 17.0. The van der Waals surface area contributed by atoms with Crippen LogP contribution in [-0.2, 0) is 11.3 Å². The van der Waals surface area contributed by atoms with Gasteiger partial charge in [0.15, 0.2) is 17.4 Å². The van der Waals surface area contributed by atoms with E-state index < -0.39 is 11.4 Å². The van der Waals surface area contributed by atoms with Crippen LogP contribution in [0.2, 0.25) is 0 Å². The molecule has 0 aliphatic carbocycles. The number of ether oxygens (including phenoxy) is 2. The molecule has 1 saturated heterocycles. The number of nitrogens with zero attached hydrogens (tertiary/aromatic N) is 3. The third-order valence-corrected chi connectivity index (χ3v) is 4.66. The van der Waals surface area contributed by atoms with Crippen molar-refractivity contribution in [1.82, 2.24) is 14.9 Å². The Bertz CT molecular complexity index is 844. The molecule has 7 nitrogen and oxygen atoms in total. The number of likely N-dealkylation sites (tertiary alicyclic amines) is 1. The van der Waals surface area contributed by atoms with Crippen LogP contribution in [0, 0.1) is 5.82 Å². The number of anilines is 1. The molecule has 0 atom stereocenters. The first-order chi connectivity index (χ1) is 13.7. The van der Waals surface area contributed by atoms with Gasteiger partial charge >= 0.3 is 6.09 Å². The van der Waals surface area contributed by atoms with E-state index >= 15 is 0 Å². The molecule has 1 aliphatic heterocycles. The third-order valence-electron chi connectivity index (χ3n) is 4.66. The minimum absolute atomic E-state index is 0.0677. The lowest BCUT2D eigenvalue weighted by molar-refractivity contribution is 0.0204. The van der Waals surface area contributed by atoms with Crippen molar-refractivity contribution in [2.24, 2.45) is 0 Å². The summed E-state index contributed by atoms with van der Waals surface area (Å²) in [6, 6.07) is 4.27. The molecule has 156 valence electrons. The molecule has 2 N–H and O–H groups in total. The maximum atomic E-state index is 13.8. The van der Waals surface area contributed by atoms with Crippen LogP contribution in [0.1, 0.15) is 50.9 Å². The lowest BCUT2D eigenvalue weighted by atomic mass is 9.91. The van der Waals surface area contributed by atoms with Crippen LogP contribution in [0.5, 0.6) is 5.75 Å². The number of rotatable bonds is 4. The van der Waals surface area contributed by atoms with Crippen molar-refractivity contribution in [3.63, 3.8) is 0 Å². The Morgan fingerprint density at radius 2 is 1.90 bits per heavy atom. The average molecular weight is 402 g/mol. The number of nitrogens with two attached hydrogens (primary N) is 1.